The van der Waals surface area contributed by atoms with Crippen LogP contribution in [-0.2, 0) is 11.3 Å². The highest BCUT2D eigenvalue weighted by Crippen LogP contribution is 2.27. The minimum Gasteiger partial charge on any atom is -0.491 e. The van der Waals surface area contributed by atoms with E-state index in [9.17, 15) is 10.1 Å². The van der Waals surface area contributed by atoms with Crippen molar-refractivity contribution in [2.75, 3.05) is 20.2 Å². The zero-order chi connectivity index (χ0) is 16.1. The fourth-order valence-corrected chi connectivity index (χ4v) is 2.72. The standard InChI is InChI=1S/C16H24N2O4/c1-12(2)22-16-5-4-14(18(19)20)10-13(16)11-17-8-6-15(21-3)7-9-17/h4-5,10,12,15H,6-9,11H2,1-3H3. The number of hydrogen-bond donors (Lipinski definition) is 0. The average Bonchev–Trinajstić information content (AvgIpc) is 2.49. The molecule has 0 unspecified atom stereocenters. The number of benzene rings is 1. The lowest BCUT2D eigenvalue weighted by Gasteiger charge is -2.31. The molecule has 0 amide bonds. The molecule has 1 aliphatic rings. The van der Waals surface area contributed by atoms with Crippen LogP contribution in [0.25, 0.3) is 0 Å². The molecule has 6 nitrogen and oxygen atoms in total. The Labute approximate surface area is 131 Å². The molecule has 1 aromatic carbocycles. The summed E-state index contributed by atoms with van der Waals surface area (Å²) in [6.45, 7) is 6.44. The van der Waals surface area contributed by atoms with Crippen LogP contribution in [0, 0.1) is 10.1 Å². The van der Waals surface area contributed by atoms with Gasteiger partial charge < -0.3 is 9.47 Å². The lowest BCUT2D eigenvalue weighted by molar-refractivity contribution is -0.385. The molecule has 6 heteroatoms. The first-order valence-corrected chi connectivity index (χ1v) is 7.68. The van der Waals surface area contributed by atoms with Crippen molar-refractivity contribution in [3.63, 3.8) is 0 Å². The number of piperidine rings is 1. The fourth-order valence-electron chi connectivity index (χ4n) is 2.72. The van der Waals surface area contributed by atoms with E-state index in [1.165, 1.54) is 6.07 Å². The molecule has 1 heterocycles. The molecular formula is C16H24N2O4. The zero-order valence-corrected chi connectivity index (χ0v) is 13.4. The van der Waals surface area contributed by atoms with Crippen LogP contribution in [0.3, 0.4) is 0 Å². The van der Waals surface area contributed by atoms with Gasteiger partial charge in [-0.15, -0.1) is 0 Å². The van der Waals surface area contributed by atoms with E-state index >= 15 is 0 Å². The van der Waals surface area contributed by atoms with Crippen molar-refractivity contribution in [2.45, 2.75) is 45.4 Å². The molecule has 0 spiro atoms. The number of ether oxygens (including phenoxy) is 2. The Bertz CT molecular complexity index is 511. The summed E-state index contributed by atoms with van der Waals surface area (Å²) in [6.07, 6.45) is 2.35. The van der Waals surface area contributed by atoms with Crippen LogP contribution >= 0.6 is 0 Å². The Morgan fingerprint density at radius 3 is 2.59 bits per heavy atom. The Morgan fingerprint density at radius 2 is 2.05 bits per heavy atom. The highest BCUT2D eigenvalue weighted by atomic mass is 16.6. The number of rotatable bonds is 6. The van der Waals surface area contributed by atoms with Crippen molar-refractivity contribution >= 4 is 5.69 Å². The van der Waals surface area contributed by atoms with E-state index in [0.29, 0.717) is 12.6 Å². The zero-order valence-electron chi connectivity index (χ0n) is 13.4. The van der Waals surface area contributed by atoms with Crippen molar-refractivity contribution in [2.24, 2.45) is 0 Å². The molecule has 22 heavy (non-hydrogen) atoms. The van der Waals surface area contributed by atoms with Gasteiger partial charge in [-0.2, -0.15) is 0 Å². The van der Waals surface area contributed by atoms with E-state index in [2.05, 4.69) is 4.90 Å². The fraction of sp³-hybridized carbons (Fsp3) is 0.625. The maximum absolute atomic E-state index is 11.0. The van der Waals surface area contributed by atoms with E-state index in [1.54, 1.807) is 19.2 Å². The molecule has 0 aliphatic carbocycles. The second-order valence-corrected chi connectivity index (χ2v) is 5.93. The van der Waals surface area contributed by atoms with Crippen LogP contribution in [0.1, 0.15) is 32.3 Å². The van der Waals surface area contributed by atoms with Crippen molar-refractivity contribution < 1.29 is 14.4 Å². The van der Waals surface area contributed by atoms with Gasteiger partial charge in [-0.1, -0.05) is 0 Å². The largest absolute Gasteiger partial charge is 0.491 e. The third kappa shape index (κ3) is 4.42. The van der Waals surface area contributed by atoms with Crippen molar-refractivity contribution in [1.82, 2.24) is 4.90 Å². The van der Waals surface area contributed by atoms with E-state index < -0.39 is 0 Å². The predicted octanol–water partition coefficient (Wildman–Crippen LogP) is 2.99. The van der Waals surface area contributed by atoms with Gasteiger partial charge in [0.05, 0.1) is 17.1 Å². The van der Waals surface area contributed by atoms with Crippen molar-refractivity contribution in [3.8, 4) is 5.75 Å². The minimum absolute atomic E-state index is 0.0411. The van der Waals surface area contributed by atoms with Gasteiger partial charge in [0.25, 0.3) is 5.69 Å². The first-order valence-electron chi connectivity index (χ1n) is 7.68. The second-order valence-electron chi connectivity index (χ2n) is 5.93. The van der Waals surface area contributed by atoms with Gasteiger partial charge in [-0.05, 0) is 32.8 Å². The lowest BCUT2D eigenvalue weighted by Crippen LogP contribution is -2.36. The average molecular weight is 308 g/mol. The Kier molecular flexibility index (Phi) is 5.74. The molecule has 0 N–H and O–H groups in total. The number of nitro groups is 1. The highest BCUT2D eigenvalue weighted by Gasteiger charge is 2.21. The number of hydrogen-bond acceptors (Lipinski definition) is 5. The van der Waals surface area contributed by atoms with E-state index in [1.807, 2.05) is 13.8 Å². The third-order valence-electron chi connectivity index (χ3n) is 3.88. The molecule has 2 rings (SSSR count). The number of nitro benzene ring substituents is 1. The quantitative estimate of drug-likeness (QED) is 0.597. The topological polar surface area (TPSA) is 64.8 Å². The summed E-state index contributed by atoms with van der Waals surface area (Å²) in [5.74, 6) is 0.731. The van der Waals surface area contributed by atoms with Crippen LogP contribution in [0.15, 0.2) is 18.2 Å². The van der Waals surface area contributed by atoms with E-state index in [4.69, 9.17) is 9.47 Å². The van der Waals surface area contributed by atoms with Gasteiger partial charge in [0, 0.05) is 44.4 Å². The monoisotopic (exact) mass is 308 g/mol. The van der Waals surface area contributed by atoms with Crippen LogP contribution in [-0.4, -0.2) is 42.2 Å². The Balaban J connectivity index is 2.12. The number of likely N-dealkylation sites (tertiary alicyclic amines) is 1. The van der Waals surface area contributed by atoms with Crippen molar-refractivity contribution in [3.05, 3.63) is 33.9 Å². The first kappa shape index (κ1) is 16.7. The van der Waals surface area contributed by atoms with Crippen LogP contribution in [0.2, 0.25) is 0 Å². The predicted molar refractivity (Wildman–Crippen MR) is 84.2 cm³/mol. The van der Waals surface area contributed by atoms with Gasteiger partial charge in [0.2, 0.25) is 0 Å². The maximum Gasteiger partial charge on any atom is 0.270 e. The number of non-ortho nitro benzene ring substituents is 1. The Morgan fingerprint density at radius 1 is 1.36 bits per heavy atom. The van der Waals surface area contributed by atoms with E-state index in [0.717, 1.165) is 37.2 Å². The van der Waals surface area contributed by atoms with Crippen LogP contribution in [0.4, 0.5) is 5.69 Å². The molecule has 0 atom stereocenters. The maximum atomic E-state index is 11.0. The minimum atomic E-state index is -0.361. The summed E-state index contributed by atoms with van der Waals surface area (Å²) in [5.41, 5.74) is 0.983. The number of methoxy groups -OCH3 is 1. The summed E-state index contributed by atoms with van der Waals surface area (Å²) in [6, 6.07) is 4.83. The van der Waals surface area contributed by atoms with Crippen LogP contribution < -0.4 is 4.74 Å². The molecular weight excluding hydrogens is 284 g/mol. The Hall–Kier alpha value is -1.66. The summed E-state index contributed by atoms with van der Waals surface area (Å²) >= 11 is 0. The summed E-state index contributed by atoms with van der Waals surface area (Å²) in [4.78, 5) is 12.9. The van der Waals surface area contributed by atoms with Crippen LogP contribution in [0.5, 0.6) is 5.75 Å². The smallest absolute Gasteiger partial charge is 0.270 e. The summed E-state index contributed by atoms with van der Waals surface area (Å²) in [5, 5.41) is 11.0. The van der Waals surface area contributed by atoms with Gasteiger partial charge in [0.15, 0.2) is 0 Å². The lowest BCUT2D eigenvalue weighted by atomic mass is 10.1. The molecule has 0 saturated carbocycles. The van der Waals surface area contributed by atoms with Gasteiger partial charge in [-0.25, -0.2) is 0 Å². The molecule has 0 aromatic heterocycles. The van der Waals surface area contributed by atoms with Gasteiger partial charge >= 0.3 is 0 Å². The van der Waals surface area contributed by atoms with Gasteiger partial charge in [0.1, 0.15) is 5.75 Å². The van der Waals surface area contributed by atoms with Crippen molar-refractivity contribution in [1.29, 1.82) is 0 Å². The normalized spacial score (nSPS) is 16.9. The van der Waals surface area contributed by atoms with Gasteiger partial charge in [-0.3, -0.25) is 15.0 Å². The third-order valence-corrected chi connectivity index (χ3v) is 3.88. The summed E-state index contributed by atoms with van der Waals surface area (Å²) < 4.78 is 11.2. The number of nitrogens with zero attached hydrogens (tertiary/aromatic N) is 2. The SMILES string of the molecule is COC1CCN(Cc2cc([N+](=O)[O-])ccc2OC(C)C)CC1. The molecule has 1 saturated heterocycles. The first-order chi connectivity index (χ1) is 10.5. The molecule has 1 aliphatic heterocycles. The second kappa shape index (κ2) is 7.56. The molecule has 122 valence electrons. The summed E-state index contributed by atoms with van der Waals surface area (Å²) in [7, 11) is 1.75. The molecule has 1 fully saturated rings. The molecule has 0 radical (unpaired) electrons. The highest BCUT2D eigenvalue weighted by molar-refractivity contribution is 5.44. The van der Waals surface area contributed by atoms with E-state index in [-0.39, 0.29) is 16.7 Å². The molecule has 1 aromatic rings. The molecule has 0 bridgehead atoms.